The van der Waals surface area contributed by atoms with Gasteiger partial charge in [-0.15, -0.1) is 6.58 Å². The fourth-order valence-corrected chi connectivity index (χ4v) is 3.20. The van der Waals surface area contributed by atoms with E-state index >= 15 is 0 Å². The zero-order chi connectivity index (χ0) is 17.2. The molecular weight excluding hydrogens is 304 g/mol. The standard InChI is InChI=1S/C20H32O4/c1-3-5-7-8-12-17-18(24-20(17)21)15-16(11-6-4-2)23-19-13-9-10-14-22-19/h4,16,19H,2-3,5-15H2,1H3/t16-,19?/m0/s1. The Morgan fingerprint density at radius 1 is 1.33 bits per heavy atom. The number of hydrogen-bond acceptors (Lipinski definition) is 4. The average molecular weight is 336 g/mol. The van der Waals surface area contributed by atoms with Crippen molar-refractivity contribution < 1.29 is 19.0 Å². The summed E-state index contributed by atoms with van der Waals surface area (Å²) in [6, 6.07) is 0. The van der Waals surface area contributed by atoms with Crippen molar-refractivity contribution in [2.45, 2.75) is 89.9 Å². The summed E-state index contributed by atoms with van der Waals surface area (Å²) in [5.41, 5.74) is 0.878. The molecule has 4 nitrogen and oxygen atoms in total. The minimum atomic E-state index is -0.141. The summed E-state index contributed by atoms with van der Waals surface area (Å²) in [5.74, 6) is 0.694. The van der Waals surface area contributed by atoms with Crippen LogP contribution in [0, 0.1) is 0 Å². The van der Waals surface area contributed by atoms with Crippen LogP contribution in [-0.4, -0.2) is 25.0 Å². The molecule has 2 aliphatic heterocycles. The zero-order valence-electron chi connectivity index (χ0n) is 15.1. The van der Waals surface area contributed by atoms with Gasteiger partial charge in [-0.05, 0) is 44.9 Å². The first-order valence-corrected chi connectivity index (χ1v) is 9.56. The van der Waals surface area contributed by atoms with Gasteiger partial charge in [-0.3, -0.25) is 0 Å². The lowest BCUT2D eigenvalue weighted by Crippen LogP contribution is -2.31. The Hall–Kier alpha value is -1.13. The quantitative estimate of drug-likeness (QED) is 0.285. The Bertz CT molecular complexity index is 435. The molecule has 136 valence electrons. The van der Waals surface area contributed by atoms with E-state index < -0.39 is 0 Å². The molecule has 0 aromatic rings. The monoisotopic (exact) mass is 336 g/mol. The number of ether oxygens (including phenoxy) is 3. The van der Waals surface area contributed by atoms with Crippen LogP contribution in [0.2, 0.25) is 0 Å². The highest BCUT2D eigenvalue weighted by Gasteiger charge is 2.32. The summed E-state index contributed by atoms with van der Waals surface area (Å²) in [6.45, 7) is 6.76. The Morgan fingerprint density at radius 3 is 2.88 bits per heavy atom. The molecule has 1 unspecified atom stereocenters. The third-order valence-corrected chi connectivity index (χ3v) is 4.67. The second-order valence-electron chi connectivity index (χ2n) is 6.73. The topological polar surface area (TPSA) is 44.8 Å². The van der Waals surface area contributed by atoms with Crippen molar-refractivity contribution in [2.75, 3.05) is 6.61 Å². The van der Waals surface area contributed by atoms with E-state index in [0.29, 0.717) is 6.42 Å². The third-order valence-electron chi connectivity index (χ3n) is 4.67. The summed E-state index contributed by atoms with van der Waals surface area (Å²) < 4.78 is 17.1. The number of hydrogen-bond donors (Lipinski definition) is 0. The molecule has 24 heavy (non-hydrogen) atoms. The van der Waals surface area contributed by atoms with E-state index in [1.165, 1.54) is 19.3 Å². The molecule has 0 saturated carbocycles. The predicted molar refractivity (Wildman–Crippen MR) is 94.4 cm³/mol. The number of unbranched alkanes of at least 4 members (excludes halogenated alkanes) is 3. The second kappa shape index (κ2) is 10.7. The number of esters is 1. The van der Waals surface area contributed by atoms with Crippen molar-refractivity contribution in [2.24, 2.45) is 0 Å². The molecule has 0 bridgehead atoms. The molecule has 0 aliphatic carbocycles. The minimum Gasteiger partial charge on any atom is -0.427 e. The molecule has 2 rings (SSSR count). The highest BCUT2D eigenvalue weighted by Crippen LogP contribution is 2.31. The molecule has 1 saturated heterocycles. The van der Waals surface area contributed by atoms with E-state index in [0.717, 1.165) is 62.9 Å². The van der Waals surface area contributed by atoms with Gasteiger partial charge in [0.2, 0.25) is 0 Å². The smallest absolute Gasteiger partial charge is 0.342 e. The molecule has 4 heteroatoms. The van der Waals surface area contributed by atoms with Gasteiger partial charge < -0.3 is 14.2 Å². The van der Waals surface area contributed by atoms with E-state index in [4.69, 9.17) is 14.2 Å². The van der Waals surface area contributed by atoms with E-state index in [9.17, 15) is 4.79 Å². The number of carbonyl (C=O) groups is 1. The molecule has 0 N–H and O–H groups in total. The van der Waals surface area contributed by atoms with Crippen LogP contribution in [0.1, 0.15) is 77.6 Å². The number of allylic oxidation sites excluding steroid dienone is 1. The van der Waals surface area contributed by atoms with Crippen LogP contribution in [-0.2, 0) is 19.0 Å². The van der Waals surface area contributed by atoms with Gasteiger partial charge in [-0.25, -0.2) is 4.79 Å². The molecule has 1 fully saturated rings. The molecule has 0 aromatic heterocycles. The minimum absolute atomic E-state index is 0.0276. The number of carbonyl (C=O) groups excluding carboxylic acids is 1. The lowest BCUT2D eigenvalue weighted by Gasteiger charge is -2.30. The van der Waals surface area contributed by atoms with Gasteiger partial charge in [0.25, 0.3) is 0 Å². The molecule has 2 heterocycles. The largest absolute Gasteiger partial charge is 0.427 e. The molecule has 2 atom stereocenters. The molecule has 0 radical (unpaired) electrons. The van der Waals surface area contributed by atoms with Crippen molar-refractivity contribution in [3.05, 3.63) is 24.0 Å². The first kappa shape index (κ1) is 19.2. The maximum atomic E-state index is 11.7. The van der Waals surface area contributed by atoms with Crippen LogP contribution in [0.5, 0.6) is 0 Å². The van der Waals surface area contributed by atoms with E-state index in [2.05, 4.69) is 13.5 Å². The summed E-state index contributed by atoms with van der Waals surface area (Å²) >= 11 is 0. The molecular formula is C20H32O4. The van der Waals surface area contributed by atoms with Crippen molar-refractivity contribution >= 4 is 5.97 Å². The van der Waals surface area contributed by atoms with Gasteiger partial charge in [0.1, 0.15) is 5.76 Å². The van der Waals surface area contributed by atoms with Crippen LogP contribution >= 0.6 is 0 Å². The highest BCUT2D eigenvalue weighted by atomic mass is 16.7. The highest BCUT2D eigenvalue weighted by molar-refractivity contribution is 5.95. The molecule has 0 spiro atoms. The Balaban J connectivity index is 1.87. The molecule has 2 aliphatic rings. The van der Waals surface area contributed by atoms with Gasteiger partial charge in [0.15, 0.2) is 6.29 Å². The fourth-order valence-electron chi connectivity index (χ4n) is 3.20. The summed E-state index contributed by atoms with van der Waals surface area (Å²) in [7, 11) is 0. The lowest BCUT2D eigenvalue weighted by molar-refractivity contribution is -0.190. The SMILES string of the molecule is C=CCC[C@@H](CC1=C(CCCCCC)C(=O)O1)OC1CCCCO1. The van der Waals surface area contributed by atoms with Crippen LogP contribution in [0.15, 0.2) is 24.0 Å². The first-order valence-electron chi connectivity index (χ1n) is 9.56. The Labute approximate surface area is 146 Å². The lowest BCUT2D eigenvalue weighted by atomic mass is 9.98. The maximum Gasteiger partial charge on any atom is 0.342 e. The maximum absolute atomic E-state index is 11.7. The van der Waals surface area contributed by atoms with Gasteiger partial charge >= 0.3 is 5.97 Å². The normalized spacial score (nSPS) is 22.0. The Kier molecular flexibility index (Phi) is 8.54. The van der Waals surface area contributed by atoms with Gasteiger partial charge in [0.05, 0.1) is 11.7 Å². The van der Waals surface area contributed by atoms with Crippen molar-refractivity contribution in [1.29, 1.82) is 0 Å². The van der Waals surface area contributed by atoms with Crippen LogP contribution in [0.4, 0.5) is 0 Å². The first-order chi connectivity index (χ1) is 11.7. The number of cyclic esters (lactones) is 1. The van der Waals surface area contributed by atoms with Crippen molar-refractivity contribution in [1.82, 2.24) is 0 Å². The van der Waals surface area contributed by atoms with E-state index in [1.54, 1.807) is 0 Å². The van der Waals surface area contributed by atoms with E-state index in [1.807, 2.05) is 6.08 Å². The Morgan fingerprint density at radius 2 is 2.21 bits per heavy atom. The summed E-state index contributed by atoms with van der Waals surface area (Å²) in [4.78, 5) is 11.7. The molecule has 0 amide bonds. The van der Waals surface area contributed by atoms with Gasteiger partial charge in [-0.2, -0.15) is 0 Å². The summed E-state index contributed by atoms with van der Waals surface area (Å²) in [5, 5.41) is 0. The van der Waals surface area contributed by atoms with Crippen molar-refractivity contribution in [3.63, 3.8) is 0 Å². The van der Waals surface area contributed by atoms with Crippen LogP contribution in [0.3, 0.4) is 0 Å². The predicted octanol–water partition coefficient (Wildman–Crippen LogP) is 5.04. The second-order valence-corrected chi connectivity index (χ2v) is 6.73. The van der Waals surface area contributed by atoms with Crippen LogP contribution < -0.4 is 0 Å². The van der Waals surface area contributed by atoms with Gasteiger partial charge in [-0.1, -0.05) is 32.3 Å². The zero-order valence-corrected chi connectivity index (χ0v) is 15.1. The van der Waals surface area contributed by atoms with Crippen molar-refractivity contribution in [3.8, 4) is 0 Å². The van der Waals surface area contributed by atoms with Crippen LogP contribution in [0.25, 0.3) is 0 Å². The number of rotatable bonds is 12. The summed E-state index contributed by atoms with van der Waals surface area (Å²) in [6.07, 6.45) is 13.0. The molecule has 0 aromatic carbocycles. The van der Waals surface area contributed by atoms with E-state index in [-0.39, 0.29) is 18.4 Å². The average Bonchev–Trinajstić information content (AvgIpc) is 2.59. The fraction of sp³-hybridized carbons (Fsp3) is 0.750. The third kappa shape index (κ3) is 6.06. The van der Waals surface area contributed by atoms with Gasteiger partial charge in [0, 0.05) is 13.0 Å².